The van der Waals surface area contributed by atoms with Gasteiger partial charge in [0.15, 0.2) is 29.1 Å². The number of aliphatic hydroxyl groups excluding tert-OH is 1. The van der Waals surface area contributed by atoms with Gasteiger partial charge in [0.05, 0.1) is 19.3 Å². The van der Waals surface area contributed by atoms with Crippen LogP contribution in [0.3, 0.4) is 0 Å². The molecule has 6 nitrogen and oxygen atoms in total. The summed E-state index contributed by atoms with van der Waals surface area (Å²) in [6.07, 6.45) is -0.861. The van der Waals surface area contributed by atoms with Crippen LogP contribution in [-0.2, 0) is 27.4 Å². The molecule has 2 aromatic rings. The number of hydrogen-bond donors (Lipinski definition) is 3. The topological polar surface area (TPSA) is 116 Å². The molecule has 0 amide bonds. The summed E-state index contributed by atoms with van der Waals surface area (Å²) in [7, 11) is 0. The van der Waals surface area contributed by atoms with Crippen molar-refractivity contribution in [2.75, 3.05) is 6.61 Å². The summed E-state index contributed by atoms with van der Waals surface area (Å²) in [5.74, 6) is -7.52. The van der Waals surface area contributed by atoms with Crippen LogP contribution >= 0.6 is 0 Å². The lowest BCUT2D eigenvalue weighted by Gasteiger charge is -2.25. The Labute approximate surface area is 220 Å². The second kappa shape index (κ2) is 14.5. The van der Waals surface area contributed by atoms with E-state index in [2.05, 4.69) is 0 Å². The smallest absolute Gasteiger partial charge is 0.197 e. The van der Waals surface area contributed by atoms with Gasteiger partial charge in [0.1, 0.15) is 11.9 Å². The van der Waals surface area contributed by atoms with Gasteiger partial charge in [-0.25, -0.2) is 17.6 Å². The molecule has 0 radical (unpaired) electrons. The molecule has 0 aliphatic heterocycles. The molecule has 0 bridgehead atoms. The molecule has 0 heterocycles. The van der Waals surface area contributed by atoms with E-state index in [0.717, 1.165) is 5.56 Å². The highest BCUT2D eigenvalue weighted by atomic mass is 19.2. The van der Waals surface area contributed by atoms with Crippen LogP contribution in [0.1, 0.15) is 57.1 Å². The van der Waals surface area contributed by atoms with Crippen molar-refractivity contribution in [2.45, 2.75) is 77.2 Å². The van der Waals surface area contributed by atoms with Gasteiger partial charge in [-0.1, -0.05) is 44.2 Å². The number of benzene rings is 2. The zero-order valence-electron chi connectivity index (χ0n) is 21.7. The monoisotopic (exact) mass is 540 g/mol. The van der Waals surface area contributed by atoms with E-state index in [1.807, 2.05) is 44.2 Å². The van der Waals surface area contributed by atoms with Crippen molar-refractivity contribution >= 4 is 11.6 Å². The molecule has 38 heavy (non-hydrogen) atoms. The van der Waals surface area contributed by atoms with E-state index in [9.17, 15) is 32.3 Å². The summed E-state index contributed by atoms with van der Waals surface area (Å²) in [5, 5.41) is 10.3. The molecular weight excluding hydrogens is 504 g/mol. The predicted octanol–water partition coefficient (Wildman–Crippen LogP) is 4.13. The maximum Gasteiger partial charge on any atom is 0.197 e. The summed E-state index contributed by atoms with van der Waals surface area (Å²) in [4.78, 5) is 24.8. The first-order valence-electron chi connectivity index (χ1n) is 12.5. The number of Topliss-reactive ketones (excluding diaryl/α,β-unsaturated/α-hetero) is 2. The Kier molecular flexibility index (Phi) is 12.0. The number of nitrogens with two attached hydrogens (primary N) is 2. The van der Waals surface area contributed by atoms with Gasteiger partial charge in [0.25, 0.3) is 0 Å². The Morgan fingerprint density at radius 3 is 2.26 bits per heavy atom. The Hall–Kier alpha value is -2.66. The zero-order valence-corrected chi connectivity index (χ0v) is 21.7. The highest BCUT2D eigenvalue weighted by Gasteiger charge is 2.27. The van der Waals surface area contributed by atoms with Gasteiger partial charge in [0, 0.05) is 25.3 Å². The fourth-order valence-corrected chi connectivity index (χ4v) is 3.95. The minimum Gasteiger partial charge on any atom is -0.384 e. The van der Waals surface area contributed by atoms with Crippen LogP contribution in [-0.4, -0.2) is 41.5 Å². The highest BCUT2D eigenvalue weighted by Crippen LogP contribution is 2.29. The second-order valence-corrected chi connectivity index (χ2v) is 10.4. The molecule has 2 aromatic carbocycles. The number of ether oxygens (including phenoxy) is 1. The van der Waals surface area contributed by atoms with Crippen molar-refractivity contribution < 1.29 is 37.0 Å². The average Bonchev–Trinajstić information content (AvgIpc) is 2.88. The van der Waals surface area contributed by atoms with Crippen LogP contribution in [0.15, 0.2) is 36.4 Å². The van der Waals surface area contributed by atoms with Crippen LogP contribution in [0, 0.1) is 28.7 Å². The van der Waals surface area contributed by atoms with Gasteiger partial charge in [-0.3, -0.25) is 9.59 Å². The van der Waals surface area contributed by atoms with Crippen molar-refractivity contribution in [3.05, 3.63) is 70.8 Å². The largest absolute Gasteiger partial charge is 0.384 e. The third kappa shape index (κ3) is 9.90. The lowest BCUT2D eigenvalue weighted by molar-refractivity contribution is -0.129. The number of carbonyl (C=O) groups is 2. The molecule has 0 saturated carbocycles. The Bertz CT molecular complexity index is 1080. The predicted molar refractivity (Wildman–Crippen MR) is 135 cm³/mol. The standard InChI is InChI=1S/C28H36F4N2O4/c1-28(2,11-9-23(36)27(37)22(34)16-38-15-17-6-4-3-5-7-17)10-8-20(35)14-19(33)12-18-13-21(29)25(31)26(32)24(18)30/h3-7,13,19,22,27,37H,8-12,14-16,33-34H2,1-2H3. The maximum absolute atomic E-state index is 13.9. The Balaban J connectivity index is 1.73. The van der Waals surface area contributed by atoms with E-state index in [0.29, 0.717) is 25.5 Å². The maximum atomic E-state index is 13.9. The van der Waals surface area contributed by atoms with Crippen LogP contribution in [0.5, 0.6) is 0 Å². The second-order valence-electron chi connectivity index (χ2n) is 10.4. The Morgan fingerprint density at radius 1 is 0.974 bits per heavy atom. The van der Waals surface area contributed by atoms with Gasteiger partial charge < -0.3 is 21.3 Å². The van der Waals surface area contributed by atoms with Gasteiger partial charge in [0.2, 0.25) is 0 Å². The van der Waals surface area contributed by atoms with Gasteiger partial charge in [-0.2, -0.15) is 0 Å². The highest BCUT2D eigenvalue weighted by molar-refractivity contribution is 5.83. The average molecular weight is 541 g/mol. The molecule has 210 valence electrons. The zero-order chi connectivity index (χ0) is 28.5. The van der Waals surface area contributed by atoms with E-state index in [4.69, 9.17) is 16.2 Å². The van der Waals surface area contributed by atoms with Crippen molar-refractivity contribution in [2.24, 2.45) is 16.9 Å². The van der Waals surface area contributed by atoms with Gasteiger partial charge in [-0.15, -0.1) is 0 Å². The number of rotatable bonds is 16. The fraction of sp³-hybridized carbons (Fsp3) is 0.500. The Morgan fingerprint density at radius 2 is 1.61 bits per heavy atom. The van der Waals surface area contributed by atoms with Gasteiger partial charge >= 0.3 is 0 Å². The van der Waals surface area contributed by atoms with Crippen molar-refractivity contribution in [3.8, 4) is 0 Å². The summed E-state index contributed by atoms with van der Waals surface area (Å²) in [6.45, 7) is 4.08. The van der Waals surface area contributed by atoms with E-state index < -0.39 is 58.2 Å². The quantitative estimate of drug-likeness (QED) is 0.168. The summed E-state index contributed by atoms with van der Waals surface area (Å²) in [5.41, 5.74) is 11.9. The molecule has 10 heteroatoms. The van der Waals surface area contributed by atoms with Crippen LogP contribution in [0.2, 0.25) is 0 Å². The summed E-state index contributed by atoms with van der Waals surface area (Å²) in [6, 6.07) is 8.17. The van der Waals surface area contributed by atoms with Crippen LogP contribution in [0.4, 0.5) is 17.6 Å². The molecular formula is C28H36F4N2O4. The van der Waals surface area contributed by atoms with Crippen LogP contribution < -0.4 is 11.5 Å². The molecule has 3 atom stereocenters. The van der Waals surface area contributed by atoms with E-state index >= 15 is 0 Å². The first kappa shape index (κ1) is 31.6. The van der Waals surface area contributed by atoms with Gasteiger partial charge in [-0.05, 0) is 41.9 Å². The van der Waals surface area contributed by atoms with E-state index in [1.54, 1.807) is 0 Å². The third-order valence-corrected chi connectivity index (χ3v) is 6.44. The summed E-state index contributed by atoms with van der Waals surface area (Å²) >= 11 is 0. The number of hydrogen-bond acceptors (Lipinski definition) is 6. The number of aliphatic hydroxyl groups is 1. The van der Waals surface area contributed by atoms with Crippen LogP contribution in [0.25, 0.3) is 0 Å². The number of carbonyl (C=O) groups excluding carboxylic acids is 2. The molecule has 3 unspecified atom stereocenters. The number of ketones is 2. The number of halogens is 4. The summed E-state index contributed by atoms with van der Waals surface area (Å²) < 4.78 is 59.3. The minimum atomic E-state index is -1.92. The fourth-order valence-electron chi connectivity index (χ4n) is 3.95. The molecule has 0 saturated heterocycles. The van der Waals surface area contributed by atoms with Crippen molar-refractivity contribution in [1.82, 2.24) is 0 Å². The lowest BCUT2D eigenvalue weighted by atomic mass is 9.81. The molecule has 0 aliphatic rings. The SMILES string of the molecule is CC(C)(CCC(=O)CC(N)Cc1cc(F)c(F)c(F)c1F)CCC(=O)C(O)C(N)COCc1ccccc1. The minimum absolute atomic E-state index is 0.0149. The first-order valence-corrected chi connectivity index (χ1v) is 12.5. The lowest BCUT2D eigenvalue weighted by Crippen LogP contribution is -2.44. The molecule has 0 aliphatic carbocycles. The van der Waals surface area contributed by atoms with Crippen molar-refractivity contribution in [3.63, 3.8) is 0 Å². The first-order chi connectivity index (χ1) is 17.8. The van der Waals surface area contributed by atoms with E-state index in [-0.39, 0.29) is 38.1 Å². The molecule has 5 N–H and O–H groups in total. The third-order valence-electron chi connectivity index (χ3n) is 6.44. The normalized spacial score (nSPS) is 14.2. The van der Waals surface area contributed by atoms with E-state index in [1.165, 1.54) is 0 Å². The molecule has 2 rings (SSSR count). The molecule has 0 aromatic heterocycles. The molecule has 0 fully saturated rings. The van der Waals surface area contributed by atoms with Crippen molar-refractivity contribution in [1.29, 1.82) is 0 Å². The molecule has 0 spiro atoms.